The molecule has 6 nitrogen and oxygen atoms in total. The maximum atomic E-state index is 13.6. The Hall–Kier alpha value is -3.48. The number of aryl methyl sites for hydroxylation is 1. The smallest absolute Gasteiger partial charge is 0.272 e. The minimum Gasteiger partial charge on any atom is -0.339 e. The maximum absolute atomic E-state index is 13.6. The topological polar surface area (TPSA) is 67.2 Å². The lowest BCUT2D eigenvalue weighted by atomic mass is 10.1. The highest BCUT2D eigenvalue weighted by Crippen LogP contribution is 2.27. The molecule has 29 heavy (non-hydrogen) atoms. The summed E-state index contributed by atoms with van der Waals surface area (Å²) < 4.78 is 15.4. The zero-order valence-corrected chi connectivity index (χ0v) is 16.0. The summed E-state index contributed by atoms with van der Waals surface area (Å²) in [6.07, 6.45) is 4.27. The average molecular weight is 392 g/mol. The number of fused-ring (bicyclic) bond motifs is 1. The third kappa shape index (κ3) is 4.03. The average Bonchev–Trinajstić information content (AvgIpc) is 3.16. The van der Waals surface area contributed by atoms with Gasteiger partial charge in [0.1, 0.15) is 17.6 Å². The van der Waals surface area contributed by atoms with Crippen LogP contribution in [0.4, 0.5) is 10.1 Å². The van der Waals surface area contributed by atoms with Crippen LogP contribution in [0.1, 0.15) is 28.0 Å². The van der Waals surface area contributed by atoms with Crippen LogP contribution < -0.4 is 10.2 Å². The Kier molecular flexibility index (Phi) is 5.12. The molecule has 1 aliphatic heterocycles. The molecular formula is C22H21FN4O2. The number of anilines is 1. The van der Waals surface area contributed by atoms with E-state index in [1.807, 2.05) is 34.9 Å². The van der Waals surface area contributed by atoms with Crippen molar-refractivity contribution in [1.29, 1.82) is 0 Å². The Morgan fingerprint density at radius 3 is 2.83 bits per heavy atom. The Labute approximate surface area is 168 Å². The van der Waals surface area contributed by atoms with E-state index in [0.717, 1.165) is 11.1 Å². The molecule has 4 rings (SSSR count). The number of carbonyl (C=O) groups excluding carboxylic acids is 2. The van der Waals surface area contributed by atoms with Gasteiger partial charge < -0.3 is 14.8 Å². The molecule has 2 heterocycles. The van der Waals surface area contributed by atoms with Gasteiger partial charge in [0.2, 0.25) is 5.91 Å². The van der Waals surface area contributed by atoms with E-state index >= 15 is 0 Å². The molecule has 0 spiro atoms. The molecule has 148 valence electrons. The lowest BCUT2D eigenvalue weighted by molar-refractivity contribution is -0.120. The van der Waals surface area contributed by atoms with Crippen LogP contribution in [0.2, 0.25) is 0 Å². The number of likely N-dealkylation sites (N-methyl/N-ethyl adjacent to an activating group) is 1. The standard InChI is InChI=1S/C22H21FN4O2/c1-26-20-11-17(23)9-7-16(20)8-10-18(22(26)29)25-21(28)19-13-27(14-24-19)12-15-5-3-2-4-6-15/h2-7,9,11,13-14,18H,8,10,12H2,1H3,(H,25,28)/t18-/m0/s1. The number of carbonyl (C=O) groups is 2. The van der Waals surface area contributed by atoms with E-state index in [4.69, 9.17) is 0 Å². The first-order valence-corrected chi connectivity index (χ1v) is 9.44. The van der Waals surface area contributed by atoms with Gasteiger partial charge in [0.05, 0.1) is 6.33 Å². The molecule has 1 aromatic heterocycles. The lowest BCUT2D eigenvalue weighted by Gasteiger charge is -2.21. The van der Waals surface area contributed by atoms with E-state index in [2.05, 4.69) is 10.3 Å². The summed E-state index contributed by atoms with van der Waals surface area (Å²) >= 11 is 0. The highest BCUT2D eigenvalue weighted by molar-refractivity contribution is 6.02. The fraction of sp³-hybridized carbons (Fsp3) is 0.227. The highest BCUT2D eigenvalue weighted by Gasteiger charge is 2.30. The summed E-state index contributed by atoms with van der Waals surface area (Å²) in [6, 6.07) is 13.6. The molecule has 0 saturated carbocycles. The van der Waals surface area contributed by atoms with Gasteiger partial charge in [-0.05, 0) is 36.1 Å². The van der Waals surface area contributed by atoms with Gasteiger partial charge in [-0.3, -0.25) is 9.59 Å². The van der Waals surface area contributed by atoms with Crippen molar-refractivity contribution in [2.75, 3.05) is 11.9 Å². The van der Waals surface area contributed by atoms with Crippen LogP contribution in [0.15, 0.2) is 61.1 Å². The van der Waals surface area contributed by atoms with E-state index in [-0.39, 0.29) is 11.6 Å². The van der Waals surface area contributed by atoms with Gasteiger partial charge in [0.25, 0.3) is 5.91 Å². The zero-order chi connectivity index (χ0) is 20.4. The number of rotatable bonds is 4. The molecular weight excluding hydrogens is 371 g/mol. The number of benzene rings is 2. The minimum atomic E-state index is -0.692. The van der Waals surface area contributed by atoms with E-state index in [1.165, 1.54) is 17.0 Å². The Morgan fingerprint density at radius 1 is 1.24 bits per heavy atom. The molecule has 1 N–H and O–H groups in total. The van der Waals surface area contributed by atoms with Crippen molar-refractivity contribution in [3.05, 3.63) is 83.7 Å². The molecule has 0 fully saturated rings. The highest BCUT2D eigenvalue weighted by atomic mass is 19.1. The quantitative estimate of drug-likeness (QED) is 0.743. The van der Waals surface area contributed by atoms with Crippen LogP contribution in [-0.2, 0) is 17.8 Å². The number of aromatic nitrogens is 2. The third-order valence-corrected chi connectivity index (χ3v) is 5.12. The van der Waals surface area contributed by atoms with Crippen LogP contribution in [0.5, 0.6) is 0 Å². The summed E-state index contributed by atoms with van der Waals surface area (Å²) in [5, 5.41) is 2.78. The molecule has 0 radical (unpaired) electrons. The lowest BCUT2D eigenvalue weighted by Crippen LogP contribution is -2.46. The van der Waals surface area contributed by atoms with Gasteiger partial charge in [-0.25, -0.2) is 9.37 Å². The van der Waals surface area contributed by atoms with Gasteiger partial charge in [-0.1, -0.05) is 36.4 Å². The van der Waals surface area contributed by atoms with Gasteiger partial charge >= 0.3 is 0 Å². The fourth-order valence-corrected chi connectivity index (χ4v) is 3.56. The third-order valence-electron chi connectivity index (χ3n) is 5.12. The van der Waals surface area contributed by atoms with Crippen LogP contribution in [0, 0.1) is 5.82 Å². The number of nitrogens with one attached hydrogen (secondary N) is 1. The van der Waals surface area contributed by atoms with Gasteiger partial charge in [0, 0.05) is 25.5 Å². The van der Waals surface area contributed by atoms with Crippen LogP contribution in [0.25, 0.3) is 0 Å². The zero-order valence-electron chi connectivity index (χ0n) is 16.0. The fourth-order valence-electron chi connectivity index (χ4n) is 3.56. The van der Waals surface area contributed by atoms with E-state index in [1.54, 1.807) is 25.6 Å². The number of hydrogen-bond acceptors (Lipinski definition) is 3. The number of nitrogens with zero attached hydrogens (tertiary/aromatic N) is 3. The predicted molar refractivity (Wildman–Crippen MR) is 107 cm³/mol. The van der Waals surface area contributed by atoms with Gasteiger partial charge in [-0.15, -0.1) is 0 Å². The molecule has 0 aliphatic carbocycles. The molecule has 0 bridgehead atoms. The normalized spacial score (nSPS) is 16.3. The molecule has 0 unspecified atom stereocenters. The molecule has 2 aromatic carbocycles. The largest absolute Gasteiger partial charge is 0.339 e. The number of halogens is 1. The maximum Gasteiger partial charge on any atom is 0.272 e. The van der Waals surface area contributed by atoms with Crippen LogP contribution in [-0.4, -0.2) is 34.5 Å². The van der Waals surface area contributed by atoms with E-state index in [9.17, 15) is 14.0 Å². The molecule has 0 saturated heterocycles. The predicted octanol–water partition coefficient (Wildman–Crippen LogP) is 2.78. The van der Waals surface area contributed by atoms with Crippen molar-refractivity contribution in [3.8, 4) is 0 Å². The SMILES string of the molecule is CN1C(=O)[C@@H](NC(=O)c2cn(Cc3ccccc3)cn2)CCc2ccc(F)cc21. The van der Waals surface area contributed by atoms with Crippen molar-refractivity contribution in [3.63, 3.8) is 0 Å². The Bertz CT molecular complexity index is 1050. The Balaban J connectivity index is 1.45. The van der Waals surface area contributed by atoms with Crippen LogP contribution >= 0.6 is 0 Å². The first kappa shape index (κ1) is 18.9. The van der Waals surface area contributed by atoms with Crippen molar-refractivity contribution in [2.24, 2.45) is 0 Å². The second-order valence-electron chi connectivity index (χ2n) is 7.15. The Morgan fingerprint density at radius 2 is 2.03 bits per heavy atom. The van der Waals surface area contributed by atoms with Gasteiger partial charge in [0.15, 0.2) is 0 Å². The van der Waals surface area contributed by atoms with Crippen molar-refractivity contribution in [1.82, 2.24) is 14.9 Å². The van der Waals surface area contributed by atoms with E-state index < -0.39 is 17.8 Å². The van der Waals surface area contributed by atoms with E-state index in [0.29, 0.717) is 25.1 Å². The van der Waals surface area contributed by atoms with Crippen LogP contribution in [0.3, 0.4) is 0 Å². The second-order valence-corrected chi connectivity index (χ2v) is 7.15. The summed E-state index contributed by atoms with van der Waals surface area (Å²) in [7, 11) is 1.60. The number of amides is 2. The summed E-state index contributed by atoms with van der Waals surface area (Å²) in [4.78, 5) is 31.0. The van der Waals surface area contributed by atoms with Crippen molar-refractivity contribution in [2.45, 2.75) is 25.4 Å². The van der Waals surface area contributed by atoms with Gasteiger partial charge in [-0.2, -0.15) is 0 Å². The number of hydrogen-bond donors (Lipinski definition) is 1. The summed E-state index contributed by atoms with van der Waals surface area (Å²) in [5.41, 5.74) is 2.77. The molecule has 7 heteroatoms. The van der Waals surface area contributed by atoms with Crippen molar-refractivity contribution < 1.29 is 14.0 Å². The molecule has 2 amide bonds. The number of imidazole rings is 1. The molecule has 3 aromatic rings. The first-order valence-electron chi connectivity index (χ1n) is 9.44. The summed E-state index contributed by atoms with van der Waals surface area (Å²) in [5.74, 6) is -1.07. The second kappa shape index (κ2) is 7.87. The monoisotopic (exact) mass is 392 g/mol. The summed E-state index contributed by atoms with van der Waals surface area (Å²) in [6.45, 7) is 0.604. The minimum absolute atomic E-state index is 0.254. The molecule has 1 aliphatic rings. The van der Waals surface area contributed by atoms with Crippen molar-refractivity contribution >= 4 is 17.5 Å². The first-order chi connectivity index (χ1) is 14.0. The molecule has 1 atom stereocenters.